The maximum Gasteiger partial charge on any atom is 0.338 e. The standard InChI is InChI=1S/C27H26IN3O8S/c1-6-38-26(34)22-14(4)29-27-30(23(22)16-7-8-19(39-13(2)3)20(12-16)37-5)25(33)21(40-27)11-15-9-17(28)24(32)18(10-15)31(35)36/h7-13,23,32H,6H2,1-5H3/b21-11-/t23-/m1/s1. The van der Waals surface area contributed by atoms with Crippen LogP contribution in [0.25, 0.3) is 6.08 Å². The van der Waals surface area contributed by atoms with Gasteiger partial charge in [-0.1, -0.05) is 17.4 Å². The third-order valence-corrected chi connectivity index (χ3v) is 7.75. The molecule has 0 fully saturated rings. The Morgan fingerprint density at radius 3 is 2.65 bits per heavy atom. The van der Waals surface area contributed by atoms with Crippen molar-refractivity contribution in [3.8, 4) is 17.2 Å². The Morgan fingerprint density at radius 1 is 1.30 bits per heavy atom. The highest BCUT2D eigenvalue weighted by atomic mass is 127. The summed E-state index contributed by atoms with van der Waals surface area (Å²) in [5.74, 6) is -0.112. The number of phenolic OH excluding ortho intramolecular Hbond substituents is 1. The zero-order chi connectivity index (χ0) is 29.3. The third-order valence-electron chi connectivity index (χ3n) is 5.94. The van der Waals surface area contributed by atoms with E-state index in [1.807, 2.05) is 13.8 Å². The first-order valence-electron chi connectivity index (χ1n) is 12.2. The Morgan fingerprint density at radius 2 is 2.02 bits per heavy atom. The van der Waals surface area contributed by atoms with E-state index in [1.54, 1.807) is 54.6 Å². The molecule has 4 rings (SSSR count). The molecule has 0 bridgehead atoms. The number of fused-ring (bicyclic) bond motifs is 1. The van der Waals surface area contributed by atoms with E-state index in [0.717, 1.165) is 11.3 Å². The molecule has 0 amide bonds. The van der Waals surface area contributed by atoms with E-state index in [1.165, 1.54) is 29.9 Å². The number of nitro groups is 1. The molecule has 13 heteroatoms. The topological polar surface area (TPSA) is 142 Å². The predicted molar refractivity (Wildman–Crippen MR) is 157 cm³/mol. The van der Waals surface area contributed by atoms with E-state index in [-0.39, 0.29) is 26.4 Å². The molecule has 2 heterocycles. The lowest BCUT2D eigenvalue weighted by molar-refractivity contribution is -0.386. The number of halogens is 1. The lowest BCUT2D eigenvalue weighted by Gasteiger charge is -2.25. The zero-order valence-electron chi connectivity index (χ0n) is 22.3. The summed E-state index contributed by atoms with van der Waals surface area (Å²) >= 11 is 2.87. The molecule has 1 aliphatic rings. The van der Waals surface area contributed by atoms with Crippen LogP contribution in [0.2, 0.25) is 0 Å². The molecular formula is C27H26IN3O8S. The second-order valence-electron chi connectivity index (χ2n) is 9.01. The number of aromatic nitrogens is 1. The number of nitro benzene ring substituents is 1. The summed E-state index contributed by atoms with van der Waals surface area (Å²) in [4.78, 5) is 42.6. The maximum atomic E-state index is 13.8. The molecule has 11 nitrogen and oxygen atoms in total. The van der Waals surface area contributed by atoms with Crippen molar-refractivity contribution in [3.63, 3.8) is 0 Å². The summed E-state index contributed by atoms with van der Waals surface area (Å²) in [7, 11) is 1.50. The lowest BCUT2D eigenvalue weighted by atomic mass is 9.95. The van der Waals surface area contributed by atoms with Gasteiger partial charge in [0.15, 0.2) is 16.3 Å². The average Bonchev–Trinajstić information content (AvgIpc) is 3.19. The molecule has 1 aromatic heterocycles. The number of nitrogens with zero attached hydrogens (tertiary/aromatic N) is 3. The van der Waals surface area contributed by atoms with Gasteiger partial charge >= 0.3 is 11.7 Å². The Kier molecular flexibility index (Phi) is 8.63. The average molecular weight is 679 g/mol. The molecule has 40 heavy (non-hydrogen) atoms. The second kappa shape index (κ2) is 11.8. The lowest BCUT2D eigenvalue weighted by Crippen LogP contribution is -2.40. The molecule has 1 atom stereocenters. The van der Waals surface area contributed by atoms with Crippen LogP contribution in [0.4, 0.5) is 5.69 Å². The first-order chi connectivity index (χ1) is 19.0. The summed E-state index contributed by atoms with van der Waals surface area (Å²) in [6, 6.07) is 7.04. The number of rotatable bonds is 8. The van der Waals surface area contributed by atoms with Crippen molar-refractivity contribution in [2.45, 2.75) is 39.8 Å². The SMILES string of the molecule is CCOC(=O)C1=C(C)N=c2s/c(=C\c3cc(I)c(O)c([N+](=O)[O-])c3)c(=O)n2[C@@H]1c1ccc(OC(C)C)c(OC)c1. The van der Waals surface area contributed by atoms with Crippen LogP contribution >= 0.6 is 33.9 Å². The minimum Gasteiger partial charge on any atom is -0.501 e. The van der Waals surface area contributed by atoms with Crippen molar-refractivity contribution in [2.24, 2.45) is 4.99 Å². The van der Waals surface area contributed by atoms with Gasteiger partial charge in [-0.2, -0.15) is 0 Å². The van der Waals surface area contributed by atoms with E-state index < -0.39 is 33.9 Å². The summed E-state index contributed by atoms with van der Waals surface area (Å²) in [6.45, 7) is 7.28. The van der Waals surface area contributed by atoms with Crippen molar-refractivity contribution >= 4 is 51.7 Å². The minimum absolute atomic E-state index is 0.103. The molecule has 210 valence electrons. The number of methoxy groups -OCH3 is 1. The minimum atomic E-state index is -0.881. The van der Waals surface area contributed by atoms with E-state index in [2.05, 4.69) is 4.99 Å². The van der Waals surface area contributed by atoms with Gasteiger partial charge in [-0.15, -0.1) is 0 Å². The van der Waals surface area contributed by atoms with Crippen LogP contribution in [0.5, 0.6) is 17.2 Å². The molecule has 0 radical (unpaired) electrons. The number of thiazole rings is 1. The van der Waals surface area contributed by atoms with Gasteiger partial charge in [0, 0.05) is 6.07 Å². The normalized spacial score (nSPS) is 15.1. The van der Waals surface area contributed by atoms with Crippen LogP contribution in [-0.4, -0.2) is 40.4 Å². The number of phenols is 1. The van der Waals surface area contributed by atoms with Gasteiger partial charge < -0.3 is 19.3 Å². The van der Waals surface area contributed by atoms with Gasteiger partial charge in [0.1, 0.15) is 0 Å². The van der Waals surface area contributed by atoms with Gasteiger partial charge in [-0.05, 0) is 85.7 Å². The van der Waals surface area contributed by atoms with Crippen molar-refractivity contribution in [1.82, 2.24) is 4.57 Å². The van der Waals surface area contributed by atoms with Gasteiger partial charge in [0.05, 0.1) is 50.2 Å². The quantitative estimate of drug-likeness (QED) is 0.164. The summed E-state index contributed by atoms with van der Waals surface area (Å²) in [6.07, 6.45) is 1.40. The van der Waals surface area contributed by atoms with Gasteiger partial charge in [0.2, 0.25) is 5.75 Å². The largest absolute Gasteiger partial charge is 0.501 e. The number of hydrogen-bond donors (Lipinski definition) is 1. The fraction of sp³-hybridized carbons (Fsp3) is 0.296. The number of carbonyl (C=O) groups excluding carboxylic acids is 1. The molecule has 0 saturated carbocycles. The molecule has 0 saturated heterocycles. The number of aromatic hydroxyl groups is 1. The molecule has 0 aliphatic carbocycles. The van der Waals surface area contributed by atoms with Crippen molar-refractivity contribution in [3.05, 3.63) is 86.1 Å². The van der Waals surface area contributed by atoms with E-state index in [4.69, 9.17) is 14.2 Å². The Bertz CT molecular complexity index is 1720. The molecule has 0 spiro atoms. The summed E-state index contributed by atoms with van der Waals surface area (Å²) < 4.78 is 18.6. The number of ether oxygens (including phenoxy) is 3. The number of allylic oxidation sites excluding steroid dienone is 1. The predicted octanol–water partition coefficient (Wildman–Crippen LogP) is 3.81. The molecule has 1 aliphatic heterocycles. The van der Waals surface area contributed by atoms with Gasteiger partial charge in [-0.3, -0.25) is 19.5 Å². The van der Waals surface area contributed by atoms with Gasteiger partial charge in [0.25, 0.3) is 5.56 Å². The molecule has 0 unspecified atom stereocenters. The van der Waals surface area contributed by atoms with Crippen molar-refractivity contribution < 1.29 is 29.0 Å². The summed E-state index contributed by atoms with van der Waals surface area (Å²) in [5.41, 5.74) is 0.611. The number of benzene rings is 2. The first kappa shape index (κ1) is 29.3. The van der Waals surface area contributed by atoms with Crippen LogP contribution in [-0.2, 0) is 9.53 Å². The number of carbonyl (C=O) groups is 1. The Labute approximate surface area is 246 Å². The van der Waals surface area contributed by atoms with Crippen LogP contribution < -0.4 is 24.4 Å². The van der Waals surface area contributed by atoms with Crippen LogP contribution in [0.3, 0.4) is 0 Å². The number of hydrogen-bond acceptors (Lipinski definition) is 10. The first-order valence-corrected chi connectivity index (χ1v) is 14.1. The smallest absolute Gasteiger partial charge is 0.338 e. The monoisotopic (exact) mass is 679 g/mol. The molecular weight excluding hydrogens is 653 g/mol. The maximum absolute atomic E-state index is 13.8. The van der Waals surface area contributed by atoms with E-state index in [0.29, 0.717) is 33.1 Å². The van der Waals surface area contributed by atoms with Crippen molar-refractivity contribution in [1.29, 1.82) is 0 Å². The third kappa shape index (κ3) is 5.61. The van der Waals surface area contributed by atoms with Gasteiger partial charge in [-0.25, -0.2) is 9.79 Å². The number of esters is 1. The highest BCUT2D eigenvalue weighted by molar-refractivity contribution is 14.1. The van der Waals surface area contributed by atoms with Crippen molar-refractivity contribution in [2.75, 3.05) is 13.7 Å². The highest BCUT2D eigenvalue weighted by Crippen LogP contribution is 2.37. The van der Waals surface area contributed by atoms with Crippen LogP contribution in [0, 0.1) is 13.7 Å². The van der Waals surface area contributed by atoms with Crippen LogP contribution in [0.1, 0.15) is 44.9 Å². The highest BCUT2D eigenvalue weighted by Gasteiger charge is 2.34. The fourth-order valence-electron chi connectivity index (χ4n) is 4.29. The fourth-order valence-corrected chi connectivity index (χ4v) is 5.97. The van der Waals surface area contributed by atoms with E-state index >= 15 is 0 Å². The molecule has 3 aromatic rings. The molecule has 1 N–H and O–H groups in total. The molecule has 2 aromatic carbocycles. The Hall–Kier alpha value is -3.72. The zero-order valence-corrected chi connectivity index (χ0v) is 25.2. The summed E-state index contributed by atoms with van der Waals surface area (Å²) in [5, 5.41) is 21.5. The van der Waals surface area contributed by atoms with Crippen LogP contribution in [0.15, 0.2) is 51.4 Å². The van der Waals surface area contributed by atoms with E-state index in [9.17, 15) is 24.8 Å². The second-order valence-corrected chi connectivity index (χ2v) is 11.2. The Balaban J connectivity index is 1.96.